The first kappa shape index (κ1) is 24.6. The van der Waals surface area contributed by atoms with Gasteiger partial charge in [0.15, 0.2) is 5.65 Å². The fourth-order valence-corrected chi connectivity index (χ4v) is 5.93. The van der Waals surface area contributed by atoms with Crippen molar-refractivity contribution in [3.05, 3.63) is 53.0 Å². The number of nitrogens with one attached hydrogen (secondary N) is 2. The number of carbonyl (C=O) groups excluding carboxylic acids is 1. The number of hydrogen-bond donors (Lipinski definition) is 2. The second-order valence-corrected chi connectivity index (χ2v) is 11.5. The van der Waals surface area contributed by atoms with Gasteiger partial charge in [-0.15, -0.1) is 0 Å². The van der Waals surface area contributed by atoms with Gasteiger partial charge in [-0.1, -0.05) is 0 Å². The lowest BCUT2D eigenvalue weighted by Gasteiger charge is -2.38. The number of carbonyl (C=O) groups is 1. The minimum absolute atomic E-state index is 0.0177. The number of likely N-dealkylation sites (tertiary alicyclic amines) is 1. The lowest BCUT2D eigenvalue weighted by atomic mass is 9.80. The number of piperidine rings is 1. The van der Waals surface area contributed by atoms with Gasteiger partial charge in [0, 0.05) is 25.6 Å². The molecule has 1 amide bonds. The molecule has 2 aliphatic rings. The van der Waals surface area contributed by atoms with E-state index in [4.69, 9.17) is 4.98 Å². The minimum Gasteiger partial charge on any atom is -0.344 e. The highest BCUT2D eigenvalue weighted by Crippen LogP contribution is 2.39. The summed E-state index contributed by atoms with van der Waals surface area (Å²) in [5, 5.41) is 3.28. The highest BCUT2D eigenvalue weighted by Gasteiger charge is 2.45. The Hall–Kier alpha value is -3.12. The lowest BCUT2D eigenvalue weighted by Crippen LogP contribution is -2.53. The van der Waals surface area contributed by atoms with Crippen LogP contribution in [0.15, 0.2) is 24.3 Å². The SMILES string of the molecule is CCS(=O)(=O)Nc1cc(C2CN(C)C(=O)C3NCCC32)nc2c1nc(C)n2Cc1cc(F)cc(F)c1. The molecule has 2 aromatic heterocycles. The van der Waals surface area contributed by atoms with E-state index in [-0.39, 0.29) is 36.1 Å². The molecule has 0 spiro atoms. The van der Waals surface area contributed by atoms with Crippen molar-refractivity contribution in [2.45, 2.75) is 38.8 Å². The molecule has 12 heteroatoms. The molecule has 0 bridgehead atoms. The van der Waals surface area contributed by atoms with Crippen LogP contribution in [0.3, 0.4) is 0 Å². The zero-order valence-electron chi connectivity index (χ0n) is 20.3. The fourth-order valence-electron chi connectivity index (χ4n) is 5.30. The molecular weight excluding hydrogens is 490 g/mol. The number of rotatable bonds is 6. The maximum absolute atomic E-state index is 13.9. The summed E-state index contributed by atoms with van der Waals surface area (Å²) in [6.45, 7) is 4.54. The summed E-state index contributed by atoms with van der Waals surface area (Å²) in [7, 11) is -1.88. The molecule has 0 aliphatic carbocycles. The van der Waals surface area contributed by atoms with E-state index in [1.54, 1.807) is 36.4 Å². The van der Waals surface area contributed by atoms with Crippen molar-refractivity contribution in [2.75, 3.05) is 30.6 Å². The summed E-state index contributed by atoms with van der Waals surface area (Å²) in [6.07, 6.45) is 0.797. The van der Waals surface area contributed by atoms with Crippen molar-refractivity contribution >= 4 is 32.8 Å². The number of pyridine rings is 1. The van der Waals surface area contributed by atoms with Crippen LogP contribution in [0, 0.1) is 24.5 Å². The van der Waals surface area contributed by atoms with Gasteiger partial charge in [0.2, 0.25) is 15.9 Å². The van der Waals surface area contributed by atoms with Crippen LogP contribution in [-0.4, -0.2) is 65.7 Å². The first-order valence-corrected chi connectivity index (χ1v) is 13.5. The fraction of sp³-hybridized carbons (Fsp3) is 0.458. The van der Waals surface area contributed by atoms with E-state index in [2.05, 4.69) is 15.0 Å². The Morgan fingerprint density at radius 1 is 1.17 bits per heavy atom. The molecule has 9 nitrogen and oxygen atoms in total. The van der Waals surface area contributed by atoms with Crippen molar-refractivity contribution < 1.29 is 22.0 Å². The number of aryl methyl sites for hydroxylation is 1. The number of sulfonamides is 1. The van der Waals surface area contributed by atoms with Gasteiger partial charge in [-0.3, -0.25) is 9.52 Å². The maximum atomic E-state index is 13.9. The smallest absolute Gasteiger partial charge is 0.239 e. The molecule has 2 N–H and O–H groups in total. The van der Waals surface area contributed by atoms with E-state index in [0.717, 1.165) is 12.5 Å². The van der Waals surface area contributed by atoms with Crippen LogP contribution in [0.4, 0.5) is 14.5 Å². The Bertz CT molecular complexity index is 1440. The molecule has 3 unspecified atom stereocenters. The Labute approximate surface area is 208 Å². The Morgan fingerprint density at radius 3 is 2.58 bits per heavy atom. The molecule has 4 heterocycles. The molecule has 5 rings (SSSR count). The summed E-state index contributed by atoms with van der Waals surface area (Å²) in [5.74, 6) is -1.05. The van der Waals surface area contributed by atoms with E-state index in [1.165, 1.54) is 12.1 Å². The average Bonchev–Trinajstić information content (AvgIpc) is 3.41. The van der Waals surface area contributed by atoms with Crippen LogP contribution < -0.4 is 10.0 Å². The van der Waals surface area contributed by atoms with Crippen molar-refractivity contribution in [3.63, 3.8) is 0 Å². The van der Waals surface area contributed by atoms with Gasteiger partial charge in [0.25, 0.3) is 0 Å². The van der Waals surface area contributed by atoms with Gasteiger partial charge < -0.3 is 14.8 Å². The molecule has 1 aromatic carbocycles. The summed E-state index contributed by atoms with van der Waals surface area (Å²) in [4.78, 5) is 23.8. The summed E-state index contributed by atoms with van der Waals surface area (Å²) in [6, 6.07) is 4.69. The number of anilines is 1. The number of likely N-dealkylation sites (N-methyl/N-ethyl adjacent to an activating group) is 1. The number of imidazole rings is 1. The molecule has 192 valence electrons. The number of nitrogens with zero attached hydrogens (tertiary/aromatic N) is 4. The van der Waals surface area contributed by atoms with Crippen molar-refractivity contribution in [1.82, 2.24) is 24.8 Å². The van der Waals surface area contributed by atoms with Crippen molar-refractivity contribution in [1.29, 1.82) is 0 Å². The topological polar surface area (TPSA) is 109 Å². The molecule has 0 saturated carbocycles. The summed E-state index contributed by atoms with van der Waals surface area (Å²) < 4.78 is 57.1. The van der Waals surface area contributed by atoms with Crippen LogP contribution in [0.25, 0.3) is 11.2 Å². The molecule has 2 saturated heterocycles. The number of amides is 1. The van der Waals surface area contributed by atoms with E-state index in [1.807, 2.05) is 0 Å². The van der Waals surface area contributed by atoms with Gasteiger partial charge in [0.05, 0.1) is 29.7 Å². The molecule has 3 atom stereocenters. The number of halogens is 2. The van der Waals surface area contributed by atoms with Gasteiger partial charge in [-0.25, -0.2) is 27.2 Å². The average molecular weight is 519 g/mol. The summed E-state index contributed by atoms with van der Waals surface area (Å²) in [5.41, 5.74) is 2.09. The minimum atomic E-state index is -3.63. The molecule has 36 heavy (non-hydrogen) atoms. The Morgan fingerprint density at radius 2 is 1.89 bits per heavy atom. The second-order valence-electron chi connectivity index (χ2n) is 9.50. The van der Waals surface area contributed by atoms with Crippen molar-refractivity contribution in [3.8, 4) is 0 Å². The van der Waals surface area contributed by atoms with Crippen LogP contribution in [0.2, 0.25) is 0 Å². The Balaban J connectivity index is 1.66. The number of aromatic nitrogens is 3. The van der Waals surface area contributed by atoms with E-state index in [9.17, 15) is 22.0 Å². The van der Waals surface area contributed by atoms with E-state index >= 15 is 0 Å². The molecular formula is C24H28F2N6O3S. The third-order valence-electron chi connectivity index (χ3n) is 7.10. The van der Waals surface area contributed by atoms with Crippen LogP contribution >= 0.6 is 0 Å². The zero-order chi connectivity index (χ0) is 25.8. The number of hydrogen-bond acceptors (Lipinski definition) is 6. The van der Waals surface area contributed by atoms with Gasteiger partial charge in [-0.05, 0) is 56.5 Å². The third-order valence-corrected chi connectivity index (χ3v) is 8.39. The highest BCUT2D eigenvalue weighted by atomic mass is 32.2. The van der Waals surface area contributed by atoms with Gasteiger partial charge in [-0.2, -0.15) is 0 Å². The van der Waals surface area contributed by atoms with E-state index < -0.39 is 21.7 Å². The summed E-state index contributed by atoms with van der Waals surface area (Å²) >= 11 is 0. The number of benzene rings is 1. The monoisotopic (exact) mass is 518 g/mol. The predicted molar refractivity (Wildman–Crippen MR) is 131 cm³/mol. The first-order chi connectivity index (χ1) is 17.1. The maximum Gasteiger partial charge on any atom is 0.239 e. The van der Waals surface area contributed by atoms with Gasteiger partial charge >= 0.3 is 0 Å². The molecule has 2 fully saturated rings. The lowest BCUT2D eigenvalue weighted by molar-refractivity contribution is -0.136. The first-order valence-electron chi connectivity index (χ1n) is 11.9. The largest absolute Gasteiger partial charge is 0.344 e. The van der Waals surface area contributed by atoms with E-state index in [0.29, 0.717) is 47.0 Å². The highest BCUT2D eigenvalue weighted by molar-refractivity contribution is 7.92. The second kappa shape index (κ2) is 9.07. The normalized spacial score (nSPS) is 22.3. The van der Waals surface area contributed by atoms with Crippen LogP contribution in [-0.2, 0) is 21.4 Å². The van der Waals surface area contributed by atoms with Gasteiger partial charge in [0.1, 0.15) is 23.0 Å². The molecule has 3 aromatic rings. The van der Waals surface area contributed by atoms with Crippen LogP contribution in [0.1, 0.15) is 36.3 Å². The Kier molecular flexibility index (Phi) is 6.19. The number of fused-ring (bicyclic) bond motifs is 2. The van der Waals surface area contributed by atoms with Crippen LogP contribution in [0.5, 0.6) is 0 Å². The predicted octanol–water partition coefficient (Wildman–Crippen LogP) is 2.36. The quantitative estimate of drug-likeness (QED) is 0.519. The third kappa shape index (κ3) is 4.43. The van der Waals surface area contributed by atoms with Crippen molar-refractivity contribution in [2.24, 2.45) is 5.92 Å². The molecule has 2 aliphatic heterocycles. The standard InChI is InChI=1S/C24H28F2N6O3S/c1-4-36(34,35)30-20-10-19(18-12-31(3)24(33)21-17(18)5-6-27-21)29-23-22(20)28-13(2)32(23)11-14-7-15(25)9-16(26)8-14/h7-10,17-18,21,27H,4-6,11-12H2,1-3H3,(H,29,30). The molecule has 0 radical (unpaired) electrons. The zero-order valence-corrected chi connectivity index (χ0v) is 21.1.